The lowest BCUT2D eigenvalue weighted by Gasteiger charge is -2.29. The molecule has 0 aromatic rings. The molecule has 16 heavy (non-hydrogen) atoms. The smallest absolute Gasteiger partial charge is 0.224 e. The fourth-order valence-corrected chi connectivity index (χ4v) is 1.30. The van der Waals surface area contributed by atoms with Crippen LogP contribution in [0.25, 0.3) is 0 Å². The Morgan fingerprint density at radius 1 is 1.50 bits per heavy atom. The van der Waals surface area contributed by atoms with Crippen LogP contribution >= 0.6 is 0 Å². The molecule has 0 radical (unpaired) electrons. The van der Waals surface area contributed by atoms with Gasteiger partial charge >= 0.3 is 0 Å². The summed E-state index contributed by atoms with van der Waals surface area (Å²) in [5, 5.41) is 0. The maximum atomic E-state index is 11.9. The molecule has 0 aromatic heterocycles. The summed E-state index contributed by atoms with van der Waals surface area (Å²) in [6.45, 7) is 9.23. The van der Waals surface area contributed by atoms with E-state index in [-0.39, 0.29) is 17.4 Å². The topological polar surface area (TPSA) is 46.3 Å². The van der Waals surface area contributed by atoms with Gasteiger partial charge in [-0.1, -0.05) is 33.6 Å². The van der Waals surface area contributed by atoms with E-state index in [0.29, 0.717) is 19.5 Å². The van der Waals surface area contributed by atoms with Crippen LogP contribution in [0.1, 0.15) is 40.5 Å². The molecule has 0 bridgehead atoms. The van der Waals surface area contributed by atoms with E-state index < -0.39 is 0 Å². The van der Waals surface area contributed by atoms with Crippen molar-refractivity contribution < 1.29 is 4.79 Å². The zero-order valence-corrected chi connectivity index (χ0v) is 10.9. The number of hydrogen-bond donors (Lipinski definition) is 1. The predicted molar refractivity (Wildman–Crippen MR) is 67.8 cm³/mol. The highest BCUT2D eigenvalue weighted by Gasteiger charge is 2.25. The van der Waals surface area contributed by atoms with Crippen molar-refractivity contribution in [2.24, 2.45) is 11.1 Å². The average Bonchev–Trinajstić information content (AvgIpc) is 2.15. The van der Waals surface area contributed by atoms with Crippen molar-refractivity contribution in [2.45, 2.75) is 46.6 Å². The van der Waals surface area contributed by atoms with E-state index in [4.69, 9.17) is 12.2 Å². The molecule has 2 N–H and O–H groups in total. The minimum Gasteiger partial charge on any atom is -0.332 e. The first-order chi connectivity index (χ1) is 7.32. The number of carbonyl (C=O) groups excluding carboxylic acids is 1. The first-order valence-electron chi connectivity index (χ1n) is 5.79. The van der Waals surface area contributed by atoms with Crippen molar-refractivity contribution in [2.75, 3.05) is 13.1 Å². The molecule has 0 fully saturated rings. The SMILES string of the molecule is C#CCN(CCC)C(=O)CC(N)C(C)(C)C. The molecule has 1 amide bonds. The molecule has 0 rings (SSSR count). The quantitative estimate of drug-likeness (QED) is 0.721. The fraction of sp³-hybridized carbons (Fsp3) is 0.769. The standard InChI is InChI=1S/C13H24N2O/c1-6-8-15(9-7-2)12(16)10-11(14)13(3,4)5/h1,11H,7-10,14H2,2-5H3. The van der Waals surface area contributed by atoms with Crippen molar-refractivity contribution in [3.63, 3.8) is 0 Å². The minimum atomic E-state index is -0.128. The van der Waals surface area contributed by atoms with Crippen LogP contribution in [-0.4, -0.2) is 29.9 Å². The van der Waals surface area contributed by atoms with Gasteiger partial charge in [-0.15, -0.1) is 6.42 Å². The van der Waals surface area contributed by atoms with Gasteiger partial charge in [0.1, 0.15) is 0 Å². The summed E-state index contributed by atoms with van der Waals surface area (Å²) in [4.78, 5) is 13.6. The molecule has 0 aliphatic rings. The number of rotatable bonds is 5. The van der Waals surface area contributed by atoms with E-state index in [1.165, 1.54) is 0 Å². The van der Waals surface area contributed by atoms with Gasteiger partial charge in [-0.2, -0.15) is 0 Å². The van der Waals surface area contributed by atoms with E-state index in [0.717, 1.165) is 6.42 Å². The second-order valence-corrected chi connectivity index (χ2v) is 5.20. The Morgan fingerprint density at radius 3 is 2.44 bits per heavy atom. The number of carbonyl (C=O) groups is 1. The molecule has 1 atom stereocenters. The molecular weight excluding hydrogens is 200 g/mol. The highest BCUT2D eigenvalue weighted by Crippen LogP contribution is 2.20. The molecule has 0 heterocycles. The van der Waals surface area contributed by atoms with Crippen LogP contribution < -0.4 is 5.73 Å². The third-order valence-electron chi connectivity index (χ3n) is 2.64. The van der Waals surface area contributed by atoms with Crippen molar-refractivity contribution >= 4 is 5.91 Å². The van der Waals surface area contributed by atoms with Crippen molar-refractivity contribution in [1.82, 2.24) is 4.90 Å². The van der Waals surface area contributed by atoms with Crippen molar-refractivity contribution in [3.8, 4) is 12.3 Å². The van der Waals surface area contributed by atoms with Crippen LogP contribution in [0.3, 0.4) is 0 Å². The molecular formula is C13H24N2O. The molecule has 92 valence electrons. The van der Waals surface area contributed by atoms with Crippen LogP contribution in [0.2, 0.25) is 0 Å². The summed E-state index contributed by atoms with van der Waals surface area (Å²) >= 11 is 0. The number of amides is 1. The molecule has 0 saturated carbocycles. The van der Waals surface area contributed by atoms with Gasteiger partial charge in [0.2, 0.25) is 5.91 Å². The lowest BCUT2D eigenvalue weighted by atomic mass is 9.85. The number of hydrogen-bond acceptors (Lipinski definition) is 2. The van der Waals surface area contributed by atoms with Crippen LogP contribution in [0.4, 0.5) is 0 Å². The molecule has 3 nitrogen and oxygen atoms in total. The van der Waals surface area contributed by atoms with Crippen molar-refractivity contribution in [3.05, 3.63) is 0 Å². The lowest BCUT2D eigenvalue weighted by molar-refractivity contribution is -0.131. The summed E-state index contributed by atoms with van der Waals surface area (Å²) in [6, 6.07) is -0.128. The maximum Gasteiger partial charge on any atom is 0.224 e. The first kappa shape index (κ1) is 15.0. The summed E-state index contributed by atoms with van der Waals surface area (Å²) in [6.07, 6.45) is 6.52. The van der Waals surface area contributed by atoms with Gasteiger partial charge in [-0.3, -0.25) is 4.79 Å². The van der Waals surface area contributed by atoms with Crippen molar-refractivity contribution in [1.29, 1.82) is 0 Å². The molecule has 0 aliphatic heterocycles. The normalized spacial score (nSPS) is 13.0. The Balaban J connectivity index is 4.36. The third-order valence-corrected chi connectivity index (χ3v) is 2.64. The van der Waals surface area contributed by atoms with Crippen LogP contribution in [-0.2, 0) is 4.79 Å². The predicted octanol–water partition coefficient (Wildman–Crippen LogP) is 1.62. The number of terminal acetylenes is 1. The van der Waals surface area contributed by atoms with Gasteiger partial charge in [0.25, 0.3) is 0 Å². The summed E-state index contributed by atoms with van der Waals surface area (Å²) in [5.74, 6) is 2.57. The Kier molecular flexibility index (Phi) is 6.13. The molecule has 0 saturated heterocycles. The van der Waals surface area contributed by atoms with Gasteiger partial charge in [0.15, 0.2) is 0 Å². The van der Waals surface area contributed by atoms with Crippen LogP contribution in [0.15, 0.2) is 0 Å². The van der Waals surface area contributed by atoms with E-state index >= 15 is 0 Å². The van der Waals surface area contributed by atoms with Gasteiger partial charge < -0.3 is 10.6 Å². The Hall–Kier alpha value is -1.01. The summed E-state index contributed by atoms with van der Waals surface area (Å²) in [5.41, 5.74) is 5.93. The fourth-order valence-electron chi connectivity index (χ4n) is 1.30. The van der Waals surface area contributed by atoms with Crippen LogP contribution in [0, 0.1) is 17.8 Å². The molecule has 1 unspecified atom stereocenters. The van der Waals surface area contributed by atoms with Gasteiger partial charge in [0, 0.05) is 19.0 Å². The Labute approximate surface area is 99.4 Å². The highest BCUT2D eigenvalue weighted by molar-refractivity contribution is 5.77. The Morgan fingerprint density at radius 2 is 2.06 bits per heavy atom. The molecule has 0 aliphatic carbocycles. The first-order valence-corrected chi connectivity index (χ1v) is 5.79. The largest absolute Gasteiger partial charge is 0.332 e. The monoisotopic (exact) mass is 224 g/mol. The molecule has 3 heteroatoms. The Bertz CT molecular complexity index is 260. The van der Waals surface area contributed by atoms with E-state index in [2.05, 4.69) is 5.92 Å². The number of nitrogens with zero attached hydrogens (tertiary/aromatic N) is 1. The van der Waals surface area contributed by atoms with E-state index in [1.54, 1.807) is 4.90 Å². The van der Waals surface area contributed by atoms with Crippen LogP contribution in [0.5, 0.6) is 0 Å². The van der Waals surface area contributed by atoms with E-state index in [9.17, 15) is 4.79 Å². The average molecular weight is 224 g/mol. The number of nitrogens with two attached hydrogens (primary N) is 1. The third kappa shape index (κ3) is 5.18. The zero-order valence-electron chi connectivity index (χ0n) is 10.9. The van der Waals surface area contributed by atoms with Gasteiger partial charge in [-0.05, 0) is 11.8 Å². The lowest BCUT2D eigenvalue weighted by Crippen LogP contribution is -2.42. The van der Waals surface area contributed by atoms with Gasteiger partial charge in [0.05, 0.1) is 6.54 Å². The summed E-state index contributed by atoms with van der Waals surface area (Å²) < 4.78 is 0. The molecule has 0 spiro atoms. The highest BCUT2D eigenvalue weighted by atomic mass is 16.2. The second-order valence-electron chi connectivity index (χ2n) is 5.20. The maximum absolute atomic E-state index is 11.9. The van der Waals surface area contributed by atoms with Gasteiger partial charge in [-0.25, -0.2) is 0 Å². The molecule has 0 aromatic carbocycles. The zero-order chi connectivity index (χ0) is 12.8. The van der Waals surface area contributed by atoms with E-state index in [1.807, 2.05) is 27.7 Å². The minimum absolute atomic E-state index is 0.0519. The second kappa shape index (κ2) is 6.55. The summed E-state index contributed by atoms with van der Waals surface area (Å²) in [7, 11) is 0.